The van der Waals surface area contributed by atoms with Crippen LogP contribution in [0.4, 0.5) is 0 Å². The Morgan fingerprint density at radius 2 is 1.63 bits per heavy atom. The van der Waals surface area contributed by atoms with Gasteiger partial charge in [-0.3, -0.25) is 19.2 Å². The minimum atomic E-state index is -3.71. The molecule has 1 saturated carbocycles. The van der Waals surface area contributed by atoms with Crippen LogP contribution in [0.2, 0.25) is 0 Å². The van der Waals surface area contributed by atoms with Gasteiger partial charge < -0.3 is 20.3 Å². The number of Topliss-reactive ketones (excluding diaryl/α,β-unsaturated/α-hetero) is 1. The molecule has 1 heterocycles. The zero-order valence-corrected chi connectivity index (χ0v) is 26.8. The molecule has 0 spiro atoms. The summed E-state index contributed by atoms with van der Waals surface area (Å²) in [4.78, 5) is 67.1. The highest BCUT2D eigenvalue weighted by Crippen LogP contribution is 2.65. The van der Waals surface area contributed by atoms with Crippen molar-refractivity contribution in [3.8, 4) is 0 Å². The number of nitrogens with one attached hydrogen (secondary N) is 3. The van der Waals surface area contributed by atoms with Crippen molar-refractivity contribution in [2.75, 3.05) is 19.9 Å². The number of esters is 1. The van der Waals surface area contributed by atoms with Crippen LogP contribution in [0, 0.1) is 28.6 Å². The van der Waals surface area contributed by atoms with Crippen molar-refractivity contribution < 1.29 is 37.1 Å². The fourth-order valence-corrected chi connectivity index (χ4v) is 6.59. The number of fused-ring (bicyclic) bond motifs is 1. The average Bonchev–Trinajstić information content (AvgIpc) is 3.15. The quantitative estimate of drug-likeness (QED) is 0.208. The van der Waals surface area contributed by atoms with Crippen LogP contribution in [0.15, 0.2) is 0 Å². The summed E-state index contributed by atoms with van der Waals surface area (Å²) < 4.78 is 30.8. The van der Waals surface area contributed by atoms with E-state index < -0.39 is 69.1 Å². The van der Waals surface area contributed by atoms with E-state index in [0.717, 1.165) is 13.4 Å². The molecule has 0 aromatic heterocycles. The molecule has 13 heteroatoms. The maximum atomic E-state index is 14.1. The molecule has 0 aromatic carbocycles. The first kappa shape index (κ1) is 34.7. The molecule has 2 rings (SSSR count). The smallest absolute Gasteiger partial charge is 0.376 e. The predicted molar refractivity (Wildman–Crippen MR) is 153 cm³/mol. The summed E-state index contributed by atoms with van der Waals surface area (Å²) in [6.07, 6.45) is 1.95. The van der Waals surface area contributed by atoms with Crippen molar-refractivity contribution in [3.63, 3.8) is 0 Å². The molecule has 1 saturated heterocycles. The van der Waals surface area contributed by atoms with Crippen molar-refractivity contribution in [2.45, 2.75) is 98.8 Å². The first-order chi connectivity index (χ1) is 18.7. The molecule has 0 radical (unpaired) electrons. The van der Waals surface area contributed by atoms with Gasteiger partial charge >= 0.3 is 5.97 Å². The van der Waals surface area contributed by atoms with Crippen molar-refractivity contribution in [2.24, 2.45) is 28.6 Å². The lowest BCUT2D eigenvalue weighted by molar-refractivity contribution is -0.153. The van der Waals surface area contributed by atoms with Gasteiger partial charge in [0, 0.05) is 6.54 Å². The number of rotatable bonds is 13. The topological polar surface area (TPSA) is 168 Å². The number of ether oxygens (including phenoxy) is 1. The second kappa shape index (κ2) is 12.8. The zero-order valence-electron chi connectivity index (χ0n) is 26.0. The van der Waals surface area contributed by atoms with Crippen molar-refractivity contribution in [1.82, 2.24) is 20.3 Å². The van der Waals surface area contributed by atoms with E-state index in [1.54, 1.807) is 20.8 Å². The molecule has 6 atom stereocenters. The van der Waals surface area contributed by atoms with E-state index in [0.29, 0.717) is 6.42 Å². The van der Waals surface area contributed by atoms with Crippen molar-refractivity contribution in [3.05, 3.63) is 0 Å². The van der Waals surface area contributed by atoms with Crippen LogP contribution in [0.25, 0.3) is 0 Å². The molecule has 2 aliphatic rings. The molecular weight excluding hydrogens is 552 g/mol. The number of ketones is 1. The molecule has 2 fully saturated rings. The highest BCUT2D eigenvalue weighted by molar-refractivity contribution is 7.88. The molecular formula is C28H48N4O8S. The summed E-state index contributed by atoms with van der Waals surface area (Å²) in [5.74, 6) is -3.69. The van der Waals surface area contributed by atoms with Crippen molar-refractivity contribution in [1.29, 1.82) is 0 Å². The summed E-state index contributed by atoms with van der Waals surface area (Å²) in [6, 6.07) is -4.14. The number of hydrogen-bond acceptors (Lipinski definition) is 8. The monoisotopic (exact) mass is 600 g/mol. The van der Waals surface area contributed by atoms with Gasteiger partial charge in [0.2, 0.25) is 27.7 Å². The number of methoxy groups -OCH3 is 1. The van der Waals surface area contributed by atoms with Crippen LogP contribution in [0.3, 0.4) is 0 Å². The van der Waals surface area contributed by atoms with E-state index in [1.165, 1.54) is 4.90 Å². The van der Waals surface area contributed by atoms with Crippen LogP contribution in [-0.2, 0) is 38.7 Å². The number of carbonyl (C=O) groups excluding carboxylic acids is 5. The molecule has 3 N–H and O–H groups in total. The van der Waals surface area contributed by atoms with E-state index in [1.807, 2.05) is 34.6 Å². The van der Waals surface area contributed by atoms with E-state index in [9.17, 15) is 32.4 Å². The summed E-state index contributed by atoms with van der Waals surface area (Å²) in [6.45, 7) is 15.2. The third-order valence-electron chi connectivity index (χ3n) is 8.14. The third-order valence-corrected chi connectivity index (χ3v) is 8.85. The SMILES string of the molecule is CCCC(NC(=O)[C@@H]1[C@@H]2[C@H](CN1C(=O)C(NC(=O)[C@H](CC(C)C)NS(C)(=O)=O)C(C)(C)C)C2(C)C)C(=O)C(=O)OC. The van der Waals surface area contributed by atoms with E-state index in [-0.39, 0.29) is 42.6 Å². The molecule has 1 aliphatic carbocycles. The first-order valence-corrected chi connectivity index (χ1v) is 16.1. The number of sulfonamides is 1. The van der Waals surface area contributed by atoms with Gasteiger partial charge in [-0.15, -0.1) is 0 Å². The van der Waals surface area contributed by atoms with Crippen LogP contribution in [0.5, 0.6) is 0 Å². The number of hydrogen-bond donors (Lipinski definition) is 3. The Balaban J connectivity index is 2.38. The maximum Gasteiger partial charge on any atom is 0.376 e. The Morgan fingerprint density at radius 1 is 1.05 bits per heavy atom. The minimum absolute atomic E-state index is 0.00597. The van der Waals surface area contributed by atoms with Gasteiger partial charge in [-0.1, -0.05) is 61.8 Å². The second-order valence-electron chi connectivity index (χ2n) is 13.5. The number of amides is 3. The van der Waals surface area contributed by atoms with Gasteiger partial charge in [-0.2, -0.15) is 0 Å². The lowest BCUT2D eigenvalue weighted by atomic mass is 9.84. The zero-order chi connectivity index (χ0) is 31.7. The lowest BCUT2D eigenvalue weighted by Gasteiger charge is -2.38. The fourth-order valence-electron chi connectivity index (χ4n) is 5.87. The predicted octanol–water partition coefficient (Wildman–Crippen LogP) is 0.991. The van der Waals surface area contributed by atoms with Gasteiger partial charge in [0.15, 0.2) is 0 Å². The largest absolute Gasteiger partial charge is 0.463 e. The number of carbonyl (C=O) groups is 5. The Labute approximate surface area is 244 Å². The molecule has 0 bridgehead atoms. The van der Waals surface area contributed by atoms with Gasteiger partial charge in [-0.05, 0) is 41.4 Å². The van der Waals surface area contributed by atoms with Crippen LogP contribution < -0.4 is 15.4 Å². The number of likely N-dealkylation sites (tertiary alicyclic amines) is 1. The highest BCUT2D eigenvalue weighted by atomic mass is 32.2. The molecule has 12 nitrogen and oxygen atoms in total. The maximum absolute atomic E-state index is 14.1. The minimum Gasteiger partial charge on any atom is -0.463 e. The summed E-state index contributed by atoms with van der Waals surface area (Å²) >= 11 is 0. The van der Waals surface area contributed by atoms with Crippen LogP contribution in [-0.4, -0.2) is 86.9 Å². The van der Waals surface area contributed by atoms with E-state index in [4.69, 9.17) is 0 Å². The number of piperidine rings is 1. The molecule has 2 unspecified atom stereocenters. The molecule has 41 heavy (non-hydrogen) atoms. The van der Waals surface area contributed by atoms with Gasteiger partial charge in [-0.25, -0.2) is 17.9 Å². The summed E-state index contributed by atoms with van der Waals surface area (Å²) in [5.41, 5.74) is -0.997. The second-order valence-corrected chi connectivity index (χ2v) is 15.3. The standard InChI is InChI=1S/C28H48N4O8S/c1-11-12-17(21(33)26(37)40-9)29-24(35)20-19-16(28(19,7)8)14-32(20)25(36)22(27(4,5)6)30-23(34)18(13-15(2)3)31-41(10,38)39/h15-20,22,31H,11-14H2,1-10H3,(H,29,35)(H,30,34)/t16-,17?,18-,19-,20-,22?/m0/s1. The average molecular weight is 601 g/mol. The lowest BCUT2D eigenvalue weighted by Crippen LogP contribution is -2.62. The third kappa shape index (κ3) is 8.27. The summed E-state index contributed by atoms with van der Waals surface area (Å²) in [7, 11) is -2.61. The van der Waals surface area contributed by atoms with Crippen LogP contribution >= 0.6 is 0 Å². The Kier molecular flexibility index (Phi) is 10.8. The molecule has 234 valence electrons. The first-order valence-electron chi connectivity index (χ1n) is 14.2. The van der Waals surface area contributed by atoms with Gasteiger partial charge in [0.1, 0.15) is 18.1 Å². The Morgan fingerprint density at radius 3 is 2.10 bits per heavy atom. The Bertz CT molecular complexity index is 1140. The summed E-state index contributed by atoms with van der Waals surface area (Å²) in [5, 5.41) is 5.46. The fraction of sp³-hybridized carbons (Fsp3) is 0.821. The van der Waals surface area contributed by atoms with Crippen molar-refractivity contribution >= 4 is 39.5 Å². The molecule has 3 amide bonds. The van der Waals surface area contributed by atoms with Gasteiger partial charge in [0.25, 0.3) is 5.78 Å². The van der Waals surface area contributed by atoms with Crippen LogP contribution in [0.1, 0.15) is 74.7 Å². The van der Waals surface area contributed by atoms with Gasteiger partial charge in [0.05, 0.1) is 19.4 Å². The molecule has 0 aromatic rings. The van der Waals surface area contributed by atoms with E-state index in [2.05, 4.69) is 20.1 Å². The highest BCUT2D eigenvalue weighted by Gasteiger charge is 2.70. The van der Waals surface area contributed by atoms with E-state index >= 15 is 0 Å². The number of nitrogens with zero attached hydrogens (tertiary/aromatic N) is 1. The molecule has 1 aliphatic heterocycles. The normalized spacial score (nSPS) is 23.7. The Hall–Kier alpha value is -2.54.